The fourth-order valence-electron chi connectivity index (χ4n) is 8.80. The smallest absolute Gasteiger partial charge is 0.172 e. The summed E-state index contributed by atoms with van der Waals surface area (Å²) in [6.07, 6.45) is 8.22. The molecule has 4 fully saturated rings. The van der Waals surface area contributed by atoms with Crippen molar-refractivity contribution < 1.29 is 9.53 Å². The second-order valence-electron chi connectivity index (χ2n) is 14.6. The molecule has 1 aromatic rings. The summed E-state index contributed by atoms with van der Waals surface area (Å²) in [5.41, 5.74) is 2.62. The van der Waals surface area contributed by atoms with E-state index in [0.29, 0.717) is 5.92 Å². The van der Waals surface area contributed by atoms with Gasteiger partial charge in [-0.3, -0.25) is 4.79 Å². The van der Waals surface area contributed by atoms with E-state index in [2.05, 4.69) is 72.7 Å². The molecule has 1 spiro atoms. The molecule has 2 heteroatoms. The third-order valence-electron chi connectivity index (χ3n) is 10.3. The third-order valence-corrected chi connectivity index (χ3v) is 10.3. The van der Waals surface area contributed by atoms with Gasteiger partial charge in [-0.2, -0.15) is 0 Å². The number of hydrogen-bond acceptors (Lipinski definition) is 2. The van der Waals surface area contributed by atoms with E-state index >= 15 is 0 Å². The van der Waals surface area contributed by atoms with Gasteiger partial charge in [0.1, 0.15) is 12.4 Å². The van der Waals surface area contributed by atoms with Crippen LogP contribution in [0.2, 0.25) is 0 Å². The molecule has 0 amide bonds. The second kappa shape index (κ2) is 7.85. The number of carbonyl (C=O) groups excluding carboxylic acids is 1. The number of carbonyl (C=O) groups is 1. The van der Waals surface area contributed by atoms with Crippen molar-refractivity contribution in [3.05, 3.63) is 29.8 Å². The first kappa shape index (κ1) is 23.4. The zero-order chi connectivity index (χ0) is 23.8. The maximum Gasteiger partial charge on any atom is 0.172 e. The fraction of sp³-hybridized carbons (Fsp3) is 0.774. The van der Waals surface area contributed by atoms with E-state index in [1.54, 1.807) is 0 Å². The van der Waals surface area contributed by atoms with E-state index in [4.69, 9.17) is 4.74 Å². The molecule has 8 unspecified atom stereocenters. The van der Waals surface area contributed by atoms with Gasteiger partial charge < -0.3 is 4.74 Å². The van der Waals surface area contributed by atoms with Gasteiger partial charge in [-0.05, 0) is 108 Å². The molecule has 5 rings (SSSR count). The van der Waals surface area contributed by atoms with Crippen LogP contribution >= 0.6 is 0 Å². The summed E-state index contributed by atoms with van der Waals surface area (Å²) in [6.45, 7) is 16.3. The molecule has 4 aliphatic carbocycles. The largest absolute Gasteiger partial charge is 0.486 e. The predicted molar refractivity (Wildman–Crippen MR) is 135 cm³/mol. The summed E-state index contributed by atoms with van der Waals surface area (Å²) in [5, 5.41) is 0. The Morgan fingerprint density at radius 3 is 2.30 bits per heavy atom. The van der Waals surface area contributed by atoms with Crippen molar-refractivity contribution in [1.82, 2.24) is 0 Å². The topological polar surface area (TPSA) is 26.3 Å². The Hall–Kier alpha value is -1.31. The highest BCUT2D eigenvalue weighted by Crippen LogP contribution is 2.83. The van der Waals surface area contributed by atoms with Crippen LogP contribution in [-0.2, 0) is 4.79 Å². The second-order valence-corrected chi connectivity index (χ2v) is 14.6. The summed E-state index contributed by atoms with van der Waals surface area (Å²) in [7, 11) is 0. The van der Waals surface area contributed by atoms with Gasteiger partial charge in [0, 0.05) is 5.92 Å². The first-order valence-corrected chi connectivity index (χ1v) is 13.6. The normalized spacial score (nSPS) is 35.9. The molecule has 0 aliphatic heterocycles. The van der Waals surface area contributed by atoms with Crippen LogP contribution in [0.1, 0.15) is 98.5 Å². The number of hydrogen-bond donors (Lipinski definition) is 0. The highest BCUT2D eigenvalue weighted by Gasteiger charge is 2.77. The molecule has 4 saturated carbocycles. The number of ether oxygens (including phenoxy) is 1. The van der Waals surface area contributed by atoms with Crippen molar-refractivity contribution in [2.24, 2.45) is 51.8 Å². The monoisotopic (exact) mass is 450 g/mol. The Balaban J connectivity index is 1.13. The minimum atomic E-state index is 0.127. The fourth-order valence-corrected chi connectivity index (χ4v) is 8.80. The van der Waals surface area contributed by atoms with Crippen LogP contribution < -0.4 is 4.74 Å². The lowest BCUT2D eigenvalue weighted by molar-refractivity contribution is -0.232. The number of Topliss-reactive ketones (excluding diaryl/α,β-unsaturated/α-hetero) is 1. The SMILES string of the molecule is CC(CC1C2CC3CC4CC1C42C3)C(=O)COc1ccc(C(CC(C)(C)C)C(C)(C)C)cc1. The van der Waals surface area contributed by atoms with Gasteiger partial charge in [0.2, 0.25) is 0 Å². The Morgan fingerprint density at radius 1 is 1.03 bits per heavy atom. The highest BCUT2D eigenvalue weighted by molar-refractivity contribution is 5.82. The van der Waals surface area contributed by atoms with Crippen LogP contribution in [0.3, 0.4) is 0 Å². The molecule has 2 bridgehead atoms. The molecule has 182 valence electrons. The van der Waals surface area contributed by atoms with Crippen LogP contribution in [0.25, 0.3) is 0 Å². The third kappa shape index (κ3) is 3.98. The van der Waals surface area contributed by atoms with E-state index in [0.717, 1.165) is 53.6 Å². The Kier molecular flexibility index (Phi) is 5.58. The quantitative estimate of drug-likeness (QED) is 0.402. The van der Waals surface area contributed by atoms with Gasteiger partial charge in [-0.1, -0.05) is 60.6 Å². The molecule has 2 nitrogen and oxygen atoms in total. The lowest BCUT2D eigenvalue weighted by atomic mass is 9.33. The van der Waals surface area contributed by atoms with E-state index in [-0.39, 0.29) is 29.1 Å². The Morgan fingerprint density at radius 2 is 1.70 bits per heavy atom. The van der Waals surface area contributed by atoms with Crippen molar-refractivity contribution in [1.29, 1.82) is 0 Å². The highest BCUT2D eigenvalue weighted by atomic mass is 16.5. The minimum absolute atomic E-state index is 0.127. The van der Waals surface area contributed by atoms with Crippen molar-refractivity contribution in [2.45, 2.75) is 92.9 Å². The number of benzene rings is 1. The Bertz CT molecular complexity index is 885. The first-order chi connectivity index (χ1) is 15.4. The summed E-state index contributed by atoms with van der Waals surface area (Å²) >= 11 is 0. The van der Waals surface area contributed by atoms with Crippen molar-refractivity contribution >= 4 is 5.78 Å². The average molecular weight is 451 g/mol. The lowest BCUT2D eigenvalue weighted by Gasteiger charge is -2.71. The Labute approximate surface area is 202 Å². The van der Waals surface area contributed by atoms with E-state index < -0.39 is 0 Å². The van der Waals surface area contributed by atoms with Crippen molar-refractivity contribution in [3.8, 4) is 5.75 Å². The molecular formula is C31H46O2. The van der Waals surface area contributed by atoms with Gasteiger partial charge in [-0.25, -0.2) is 0 Å². The average Bonchev–Trinajstić information content (AvgIpc) is 3.24. The number of fused-ring (bicyclic) bond motifs is 1. The van der Waals surface area contributed by atoms with Gasteiger partial charge >= 0.3 is 0 Å². The summed E-state index contributed by atoms with van der Waals surface area (Å²) in [4.78, 5) is 12.9. The molecule has 4 aliphatic rings. The molecule has 0 N–H and O–H groups in total. The molecule has 0 radical (unpaired) electrons. The van der Waals surface area contributed by atoms with Gasteiger partial charge in [-0.15, -0.1) is 0 Å². The van der Waals surface area contributed by atoms with Crippen molar-refractivity contribution in [2.75, 3.05) is 6.61 Å². The molecule has 33 heavy (non-hydrogen) atoms. The van der Waals surface area contributed by atoms with Gasteiger partial charge in [0.05, 0.1) is 0 Å². The predicted octanol–water partition coefficient (Wildman–Crippen LogP) is 7.91. The van der Waals surface area contributed by atoms with Gasteiger partial charge in [0.25, 0.3) is 0 Å². The number of ketones is 1. The van der Waals surface area contributed by atoms with Crippen LogP contribution in [0.4, 0.5) is 0 Å². The standard InChI is InChI=1S/C31H46O2/c1-19(12-24-25-14-20-13-22-15-26(24)31(22,25)16-20)28(32)18-33-23-10-8-21(9-11-23)27(30(5,6)7)17-29(2,3)4/h8-11,19-20,22,24-27H,12-18H2,1-7H3. The maximum absolute atomic E-state index is 12.9. The number of rotatable bonds is 8. The minimum Gasteiger partial charge on any atom is -0.486 e. The van der Waals surface area contributed by atoms with Crippen molar-refractivity contribution in [3.63, 3.8) is 0 Å². The van der Waals surface area contributed by atoms with E-state index in [1.165, 1.54) is 31.2 Å². The maximum atomic E-state index is 12.9. The summed E-state index contributed by atoms with van der Waals surface area (Å²) in [5.74, 6) is 6.52. The molecule has 0 heterocycles. The van der Waals surface area contributed by atoms with Crippen LogP contribution in [-0.4, -0.2) is 12.4 Å². The summed E-state index contributed by atoms with van der Waals surface area (Å²) < 4.78 is 5.97. The molecule has 1 aromatic carbocycles. The molecule has 0 aromatic heterocycles. The van der Waals surface area contributed by atoms with Crippen LogP contribution in [0.5, 0.6) is 5.75 Å². The summed E-state index contributed by atoms with van der Waals surface area (Å²) in [6, 6.07) is 8.55. The first-order valence-electron chi connectivity index (χ1n) is 13.6. The lowest BCUT2D eigenvalue weighted by Crippen LogP contribution is -2.65. The van der Waals surface area contributed by atoms with E-state index in [1.807, 2.05) is 0 Å². The van der Waals surface area contributed by atoms with Gasteiger partial charge in [0.15, 0.2) is 5.78 Å². The molecule has 0 saturated heterocycles. The zero-order valence-corrected chi connectivity index (χ0v) is 22.1. The van der Waals surface area contributed by atoms with Crippen LogP contribution in [0.15, 0.2) is 24.3 Å². The molecule has 8 atom stereocenters. The van der Waals surface area contributed by atoms with Crippen LogP contribution in [0, 0.1) is 51.8 Å². The molecular weight excluding hydrogens is 404 g/mol. The van der Waals surface area contributed by atoms with E-state index in [9.17, 15) is 4.79 Å². The zero-order valence-electron chi connectivity index (χ0n) is 22.1.